The van der Waals surface area contributed by atoms with Crippen LogP contribution in [-0.4, -0.2) is 5.91 Å². The summed E-state index contributed by atoms with van der Waals surface area (Å²) in [5, 5.41) is 4.78. The van der Waals surface area contributed by atoms with Crippen molar-refractivity contribution in [3.8, 4) is 0 Å². The Labute approximate surface area is 115 Å². The summed E-state index contributed by atoms with van der Waals surface area (Å²) in [5.74, 6) is -0.412. The van der Waals surface area contributed by atoms with Gasteiger partial charge in [0, 0.05) is 16.3 Å². The predicted molar refractivity (Wildman–Crippen MR) is 73.4 cm³/mol. The van der Waals surface area contributed by atoms with Gasteiger partial charge in [0.1, 0.15) is 0 Å². The van der Waals surface area contributed by atoms with Gasteiger partial charge in [-0.2, -0.15) is 0 Å². The van der Waals surface area contributed by atoms with E-state index in [4.69, 9.17) is 28.9 Å². The van der Waals surface area contributed by atoms with Gasteiger partial charge in [0.05, 0.1) is 10.7 Å². The van der Waals surface area contributed by atoms with Gasteiger partial charge in [0.2, 0.25) is 0 Å². The Bertz CT molecular complexity index is 599. The quantitative estimate of drug-likeness (QED) is 0.853. The number of hydrogen-bond acceptors (Lipinski definition) is 2. The molecule has 0 bridgehead atoms. The van der Waals surface area contributed by atoms with Crippen LogP contribution in [0.15, 0.2) is 42.5 Å². The summed E-state index contributed by atoms with van der Waals surface area (Å²) >= 11 is 11.7. The molecule has 0 saturated heterocycles. The number of anilines is 1. The van der Waals surface area contributed by atoms with E-state index in [1.807, 2.05) is 0 Å². The van der Waals surface area contributed by atoms with Gasteiger partial charge in [-0.25, -0.2) is 5.32 Å². The first-order chi connectivity index (χ1) is 8.56. The van der Waals surface area contributed by atoms with E-state index < -0.39 is 5.91 Å². The number of benzene rings is 2. The second-order valence-electron chi connectivity index (χ2n) is 3.64. The topological polar surface area (TPSA) is 57.2 Å². The van der Waals surface area contributed by atoms with E-state index in [1.165, 1.54) is 0 Å². The molecule has 0 aliphatic rings. The maximum absolute atomic E-state index is 11.9. The first kappa shape index (κ1) is 12.7. The van der Waals surface area contributed by atoms with Crippen LogP contribution < -0.4 is 11.1 Å². The third-order valence-electron chi connectivity index (χ3n) is 2.26. The number of halogens is 2. The fourth-order valence-corrected chi connectivity index (χ4v) is 1.76. The molecule has 0 heterocycles. The van der Waals surface area contributed by atoms with Crippen molar-refractivity contribution >= 4 is 40.5 Å². The van der Waals surface area contributed by atoms with Crippen LogP contribution in [0.1, 0.15) is 10.4 Å². The molecule has 18 heavy (non-hydrogen) atoms. The number of nitrogens with two attached hydrogens (primary N) is 1. The van der Waals surface area contributed by atoms with Crippen LogP contribution in [0.3, 0.4) is 0 Å². The zero-order valence-corrected chi connectivity index (χ0v) is 10.7. The summed E-state index contributed by atoms with van der Waals surface area (Å²) < 4.78 is 0. The van der Waals surface area contributed by atoms with Crippen LogP contribution in [-0.2, 0) is 0 Å². The molecule has 3 nitrogen and oxygen atoms in total. The number of carbonyl (C=O) groups excluding carboxylic acids is 1. The highest BCUT2D eigenvalue weighted by Gasteiger charge is 2.11. The summed E-state index contributed by atoms with van der Waals surface area (Å²) in [6.07, 6.45) is 0. The van der Waals surface area contributed by atoms with Crippen molar-refractivity contribution in [2.24, 2.45) is 0 Å². The smallest absolute Gasteiger partial charge is 0.277 e. The van der Waals surface area contributed by atoms with E-state index in [0.29, 0.717) is 27.0 Å². The van der Waals surface area contributed by atoms with Crippen LogP contribution in [0, 0.1) is 0 Å². The average Bonchev–Trinajstić information content (AvgIpc) is 2.34. The fraction of sp³-hybridized carbons (Fsp3) is 0. The molecule has 2 N–H and O–H groups in total. The van der Waals surface area contributed by atoms with Crippen molar-refractivity contribution in [2.75, 3.05) is 5.73 Å². The summed E-state index contributed by atoms with van der Waals surface area (Å²) in [7, 11) is 0. The van der Waals surface area contributed by atoms with Crippen LogP contribution in [0.4, 0.5) is 11.4 Å². The number of rotatable bonds is 2. The van der Waals surface area contributed by atoms with Crippen molar-refractivity contribution in [1.29, 1.82) is 0 Å². The molecule has 91 valence electrons. The third kappa shape index (κ3) is 2.94. The molecule has 0 fully saturated rings. The monoisotopic (exact) mass is 279 g/mol. The molecule has 2 aromatic rings. The number of nitrogens with zero attached hydrogens (tertiary/aromatic N) is 1. The van der Waals surface area contributed by atoms with Gasteiger partial charge in [-0.15, -0.1) is 0 Å². The Morgan fingerprint density at radius 1 is 1.11 bits per heavy atom. The summed E-state index contributed by atoms with van der Waals surface area (Å²) in [6.45, 7) is 0. The highest BCUT2D eigenvalue weighted by Crippen LogP contribution is 2.25. The van der Waals surface area contributed by atoms with Crippen molar-refractivity contribution in [3.63, 3.8) is 0 Å². The SMILES string of the molecule is Nc1ccc(Cl)c([N]C(=O)c2cccc(Cl)c2)c1. The summed E-state index contributed by atoms with van der Waals surface area (Å²) in [5.41, 5.74) is 6.86. The molecular weight excluding hydrogens is 271 g/mol. The van der Waals surface area contributed by atoms with Gasteiger partial charge >= 0.3 is 0 Å². The number of amides is 1. The van der Waals surface area contributed by atoms with E-state index in [2.05, 4.69) is 5.32 Å². The Morgan fingerprint density at radius 3 is 2.61 bits per heavy atom. The van der Waals surface area contributed by atoms with E-state index in [0.717, 1.165) is 0 Å². The Morgan fingerprint density at radius 2 is 1.89 bits per heavy atom. The van der Waals surface area contributed by atoms with Crippen LogP contribution >= 0.6 is 23.2 Å². The minimum Gasteiger partial charge on any atom is -0.399 e. The molecule has 1 amide bonds. The molecule has 0 aromatic heterocycles. The van der Waals surface area contributed by atoms with Crippen LogP contribution in [0.2, 0.25) is 10.0 Å². The number of hydrogen-bond donors (Lipinski definition) is 1. The number of carbonyl (C=O) groups is 1. The zero-order valence-electron chi connectivity index (χ0n) is 9.23. The van der Waals surface area contributed by atoms with Gasteiger partial charge in [-0.1, -0.05) is 29.3 Å². The second kappa shape index (κ2) is 5.29. The van der Waals surface area contributed by atoms with Crippen molar-refractivity contribution in [3.05, 3.63) is 58.1 Å². The Hall–Kier alpha value is -1.71. The molecule has 1 radical (unpaired) electrons. The minimum absolute atomic E-state index is 0.349. The highest BCUT2D eigenvalue weighted by atomic mass is 35.5. The van der Waals surface area contributed by atoms with Gasteiger partial charge in [0.15, 0.2) is 0 Å². The lowest BCUT2D eigenvalue weighted by Gasteiger charge is -2.05. The molecule has 0 spiro atoms. The lowest BCUT2D eigenvalue weighted by Crippen LogP contribution is -2.11. The summed E-state index contributed by atoms with van der Waals surface area (Å²) in [6, 6.07) is 11.3. The predicted octanol–water partition coefficient (Wildman–Crippen LogP) is 3.65. The zero-order chi connectivity index (χ0) is 13.1. The molecular formula is C13H9Cl2N2O. The largest absolute Gasteiger partial charge is 0.399 e. The van der Waals surface area contributed by atoms with E-state index in [-0.39, 0.29) is 0 Å². The normalized spacial score (nSPS) is 10.1. The molecule has 2 aromatic carbocycles. The minimum atomic E-state index is -0.412. The molecule has 0 aliphatic carbocycles. The molecule has 0 unspecified atom stereocenters. The van der Waals surface area contributed by atoms with Gasteiger partial charge in [-0.05, 0) is 36.4 Å². The fourth-order valence-electron chi connectivity index (χ4n) is 1.41. The van der Waals surface area contributed by atoms with Gasteiger partial charge in [0.25, 0.3) is 5.91 Å². The second-order valence-corrected chi connectivity index (χ2v) is 4.48. The first-order valence-electron chi connectivity index (χ1n) is 5.13. The first-order valence-corrected chi connectivity index (χ1v) is 5.88. The maximum Gasteiger partial charge on any atom is 0.277 e. The molecule has 0 saturated carbocycles. The summed E-state index contributed by atoms with van der Waals surface area (Å²) in [4.78, 5) is 11.9. The van der Waals surface area contributed by atoms with E-state index in [1.54, 1.807) is 42.5 Å². The Kier molecular flexibility index (Phi) is 3.75. The average molecular weight is 280 g/mol. The van der Waals surface area contributed by atoms with Gasteiger partial charge in [-0.3, -0.25) is 4.79 Å². The Balaban J connectivity index is 2.24. The van der Waals surface area contributed by atoms with Crippen molar-refractivity contribution < 1.29 is 4.79 Å². The molecule has 2 rings (SSSR count). The molecule has 0 atom stereocenters. The molecule has 0 aliphatic heterocycles. The highest BCUT2D eigenvalue weighted by molar-refractivity contribution is 6.33. The molecule has 5 heteroatoms. The lowest BCUT2D eigenvalue weighted by atomic mass is 10.2. The third-order valence-corrected chi connectivity index (χ3v) is 2.82. The number of nitrogen functional groups attached to an aromatic ring is 1. The van der Waals surface area contributed by atoms with Crippen molar-refractivity contribution in [1.82, 2.24) is 5.32 Å². The van der Waals surface area contributed by atoms with Crippen LogP contribution in [0.5, 0.6) is 0 Å². The van der Waals surface area contributed by atoms with E-state index in [9.17, 15) is 4.79 Å². The standard InChI is InChI=1S/C13H9Cl2N2O/c14-9-3-1-2-8(6-9)13(18)17-12-7-10(16)4-5-11(12)15/h1-7H,16H2. The van der Waals surface area contributed by atoms with Gasteiger partial charge < -0.3 is 5.73 Å². The van der Waals surface area contributed by atoms with Crippen molar-refractivity contribution in [2.45, 2.75) is 0 Å². The van der Waals surface area contributed by atoms with E-state index >= 15 is 0 Å². The lowest BCUT2D eigenvalue weighted by molar-refractivity contribution is 0.0969. The van der Waals surface area contributed by atoms with Crippen LogP contribution in [0.25, 0.3) is 0 Å². The maximum atomic E-state index is 11.9.